The van der Waals surface area contributed by atoms with Gasteiger partial charge in [-0.25, -0.2) is 0 Å². The molecule has 0 amide bonds. The van der Waals surface area contributed by atoms with Crippen LogP contribution >= 0.6 is 0 Å². The molecule has 2 aromatic rings. The summed E-state index contributed by atoms with van der Waals surface area (Å²) in [5.74, 6) is 0.562. The van der Waals surface area contributed by atoms with E-state index in [1.165, 1.54) is 40.7 Å². The van der Waals surface area contributed by atoms with E-state index in [0.29, 0.717) is 5.92 Å². The first kappa shape index (κ1) is 13.4. The average Bonchev–Trinajstić information content (AvgIpc) is 2.46. The Morgan fingerprint density at radius 3 is 2.65 bits per heavy atom. The standard InChI is InChI=1S/C19H23N/c1-13-7-8-15(11-14(13)2)12-17-10-9-16-5-3-4-6-18(16)19(17)20/h3-8,11,17,19H,9-10,12,20H2,1-2H3. The van der Waals surface area contributed by atoms with Gasteiger partial charge in [0.15, 0.2) is 0 Å². The molecule has 2 atom stereocenters. The van der Waals surface area contributed by atoms with Crippen LogP contribution in [0.3, 0.4) is 0 Å². The Bertz CT molecular complexity index is 615. The van der Waals surface area contributed by atoms with Gasteiger partial charge in [0, 0.05) is 6.04 Å². The SMILES string of the molecule is Cc1ccc(CC2CCc3ccccc3C2N)cc1C. The largest absolute Gasteiger partial charge is 0.324 e. The summed E-state index contributed by atoms with van der Waals surface area (Å²) in [5, 5.41) is 0. The van der Waals surface area contributed by atoms with Crippen molar-refractivity contribution in [2.75, 3.05) is 0 Å². The molecule has 1 aliphatic carbocycles. The van der Waals surface area contributed by atoms with Gasteiger partial charge in [0.1, 0.15) is 0 Å². The molecule has 2 unspecified atom stereocenters. The summed E-state index contributed by atoms with van der Waals surface area (Å²) >= 11 is 0. The fraction of sp³-hybridized carbons (Fsp3) is 0.368. The van der Waals surface area contributed by atoms with Crippen molar-refractivity contribution in [3.63, 3.8) is 0 Å². The highest BCUT2D eigenvalue weighted by Gasteiger charge is 2.26. The Labute approximate surface area is 121 Å². The van der Waals surface area contributed by atoms with E-state index in [1.807, 2.05) is 0 Å². The molecule has 0 saturated heterocycles. The molecule has 1 nitrogen and oxygen atoms in total. The van der Waals surface area contributed by atoms with E-state index in [-0.39, 0.29) is 6.04 Å². The van der Waals surface area contributed by atoms with Crippen LogP contribution in [0.2, 0.25) is 0 Å². The Hall–Kier alpha value is -1.60. The number of hydrogen-bond donors (Lipinski definition) is 1. The monoisotopic (exact) mass is 265 g/mol. The van der Waals surface area contributed by atoms with Crippen molar-refractivity contribution in [1.82, 2.24) is 0 Å². The molecule has 0 aliphatic heterocycles. The molecule has 0 radical (unpaired) electrons. The van der Waals surface area contributed by atoms with Crippen LogP contribution in [0.15, 0.2) is 42.5 Å². The number of hydrogen-bond acceptors (Lipinski definition) is 1. The van der Waals surface area contributed by atoms with Gasteiger partial charge in [0.25, 0.3) is 0 Å². The van der Waals surface area contributed by atoms with E-state index in [0.717, 1.165) is 6.42 Å². The van der Waals surface area contributed by atoms with Crippen LogP contribution in [-0.2, 0) is 12.8 Å². The zero-order chi connectivity index (χ0) is 14.1. The van der Waals surface area contributed by atoms with Crippen LogP contribution in [0.1, 0.15) is 40.3 Å². The normalized spacial score (nSPS) is 21.6. The summed E-state index contributed by atoms with van der Waals surface area (Å²) < 4.78 is 0. The van der Waals surface area contributed by atoms with Crippen molar-refractivity contribution < 1.29 is 0 Å². The van der Waals surface area contributed by atoms with E-state index < -0.39 is 0 Å². The topological polar surface area (TPSA) is 26.0 Å². The highest BCUT2D eigenvalue weighted by molar-refractivity contribution is 5.34. The Balaban J connectivity index is 1.81. The molecule has 20 heavy (non-hydrogen) atoms. The highest BCUT2D eigenvalue weighted by Crippen LogP contribution is 2.34. The molecule has 0 aromatic heterocycles. The van der Waals surface area contributed by atoms with Crippen molar-refractivity contribution >= 4 is 0 Å². The lowest BCUT2D eigenvalue weighted by Gasteiger charge is -2.31. The van der Waals surface area contributed by atoms with Gasteiger partial charge in [-0.1, -0.05) is 42.5 Å². The van der Waals surface area contributed by atoms with E-state index in [4.69, 9.17) is 5.73 Å². The summed E-state index contributed by atoms with van der Waals surface area (Å²) in [7, 11) is 0. The van der Waals surface area contributed by atoms with Crippen LogP contribution in [0.25, 0.3) is 0 Å². The average molecular weight is 265 g/mol. The molecular formula is C19H23N. The molecule has 104 valence electrons. The number of rotatable bonds is 2. The lowest BCUT2D eigenvalue weighted by atomic mass is 9.77. The molecule has 2 aromatic carbocycles. The summed E-state index contributed by atoms with van der Waals surface area (Å²) in [6.07, 6.45) is 3.46. The van der Waals surface area contributed by atoms with Crippen LogP contribution in [0, 0.1) is 19.8 Å². The molecule has 0 fully saturated rings. The van der Waals surface area contributed by atoms with Crippen molar-refractivity contribution in [2.24, 2.45) is 11.7 Å². The van der Waals surface area contributed by atoms with E-state index in [1.54, 1.807) is 0 Å². The first-order valence-corrected chi connectivity index (χ1v) is 7.54. The second-order valence-electron chi connectivity index (χ2n) is 6.15. The molecule has 1 heteroatoms. The van der Waals surface area contributed by atoms with E-state index in [9.17, 15) is 0 Å². The first-order valence-electron chi connectivity index (χ1n) is 7.54. The zero-order valence-electron chi connectivity index (χ0n) is 12.4. The Morgan fingerprint density at radius 2 is 1.85 bits per heavy atom. The lowest BCUT2D eigenvalue weighted by molar-refractivity contribution is 0.376. The predicted molar refractivity (Wildman–Crippen MR) is 84.8 cm³/mol. The van der Waals surface area contributed by atoms with Gasteiger partial charge in [-0.15, -0.1) is 0 Å². The molecule has 2 N–H and O–H groups in total. The smallest absolute Gasteiger partial charge is 0.0329 e. The minimum atomic E-state index is 0.182. The first-order chi connectivity index (χ1) is 9.65. The van der Waals surface area contributed by atoms with Crippen molar-refractivity contribution in [3.8, 4) is 0 Å². The van der Waals surface area contributed by atoms with Gasteiger partial charge in [-0.05, 0) is 66.8 Å². The maximum Gasteiger partial charge on any atom is 0.0329 e. The van der Waals surface area contributed by atoms with Gasteiger partial charge in [0.2, 0.25) is 0 Å². The fourth-order valence-corrected chi connectivity index (χ4v) is 3.32. The molecule has 0 spiro atoms. The minimum absolute atomic E-state index is 0.182. The van der Waals surface area contributed by atoms with Crippen molar-refractivity contribution in [2.45, 2.75) is 39.2 Å². The number of nitrogens with two attached hydrogens (primary N) is 1. The molecule has 0 bridgehead atoms. The quantitative estimate of drug-likeness (QED) is 0.869. The zero-order valence-corrected chi connectivity index (χ0v) is 12.4. The molecule has 3 rings (SSSR count). The van der Waals surface area contributed by atoms with Crippen molar-refractivity contribution in [3.05, 3.63) is 70.3 Å². The summed E-state index contributed by atoms with van der Waals surface area (Å²) in [4.78, 5) is 0. The second-order valence-corrected chi connectivity index (χ2v) is 6.15. The Kier molecular flexibility index (Phi) is 3.62. The summed E-state index contributed by atoms with van der Waals surface area (Å²) in [6.45, 7) is 4.36. The molecule has 1 aliphatic rings. The summed E-state index contributed by atoms with van der Waals surface area (Å²) in [6, 6.07) is 15.6. The third-order valence-corrected chi connectivity index (χ3v) is 4.78. The number of fused-ring (bicyclic) bond motifs is 1. The fourth-order valence-electron chi connectivity index (χ4n) is 3.32. The van der Waals surface area contributed by atoms with E-state index >= 15 is 0 Å². The van der Waals surface area contributed by atoms with Gasteiger partial charge in [-0.3, -0.25) is 0 Å². The van der Waals surface area contributed by atoms with Gasteiger partial charge in [-0.2, -0.15) is 0 Å². The van der Waals surface area contributed by atoms with Gasteiger partial charge < -0.3 is 5.73 Å². The number of aryl methyl sites for hydroxylation is 3. The van der Waals surface area contributed by atoms with Crippen LogP contribution < -0.4 is 5.73 Å². The lowest BCUT2D eigenvalue weighted by Crippen LogP contribution is -2.28. The highest BCUT2D eigenvalue weighted by atomic mass is 14.7. The third kappa shape index (κ3) is 2.51. The van der Waals surface area contributed by atoms with Gasteiger partial charge in [0.05, 0.1) is 0 Å². The number of benzene rings is 2. The minimum Gasteiger partial charge on any atom is -0.324 e. The third-order valence-electron chi connectivity index (χ3n) is 4.78. The maximum absolute atomic E-state index is 6.51. The second kappa shape index (κ2) is 5.41. The predicted octanol–water partition coefficient (Wildman–Crippen LogP) is 4.11. The molecule has 0 saturated carbocycles. The van der Waals surface area contributed by atoms with Gasteiger partial charge >= 0.3 is 0 Å². The Morgan fingerprint density at radius 1 is 1.05 bits per heavy atom. The van der Waals surface area contributed by atoms with Crippen LogP contribution in [0.4, 0.5) is 0 Å². The van der Waals surface area contributed by atoms with E-state index in [2.05, 4.69) is 56.3 Å². The van der Waals surface area contributed by atoms with Crippen LogP contribution in [0.5, 0.6) is 0 Å². The molecular weight excluding hydrogens is 242 g/mol. The molecule has 0 heterocycles. The summed E-state index contributed by atoms with van der Waals surface area (Å²) in [5.41, 5.74) is 13.5. The van der Waals surface area contributed by atoms with Crippen molar-refractivity contribution in [1.29, 1.82) is 0 Å². The maximum atomic E-state index is 6.51. The van der Waals surface area contributed by atoms with Crippen LogP contribution in [-0.4, -0.2) is 0 Å².